The van der Waals surface area contributed by atoms with Gasteiger partial charge in [-0.05, 0) is 79.4 Å². The van der Waals surface area contributed by atoms with E-state index >= 15 is 0 Å². The average Bonchev–Trinajstić information content (AvgIpc) is 3.44. The second kappa shape index (κ2) is 13.3. The van der Waals surface area contributed by atoms with Crippen LogP contribution in [0.3, 0.4) is 0 Å². The smallest absolute Gasteiger partial charge is 0.416 e. The van der Waals surface area contributed by atoms with E-state index in [1.165, 1.54) is 4.90 Å². The first-order valence-electron chi connectivity index (χ1n) is 14.2. The van der Waals surface area contributed by atoms with Gasteiger partial charge in [-0.2, -0.15) is 44.3 Å². The lowest BCUT2D eigenvalue weighted by Crippen LogP contribution is -2.48. The molecular formula is C29H28F9N7O2. The quantitative estimate of drug-likeness (QED) is 0.178. The van der Waals surface area contributed by atoms with Gasteiger partial charge in [0.25, 0.3) is 5.95 Å². The Morgan fingerprint density at radius 3 is 2.15 bits per heavy atom. The van der Waals surface area contributed by atoms with Crippen molar-refractivity contribution in [1.29, 1.82) is 0 Å². The fourth-order valence-electron chi connectivity index (χ4n) is 5.27. The number of anilines is 2. The standard InChI is InChI=1S/C29H28F9N7O2/c1-5-21-14-24(22-13-18(27(30,31)32)6-7-23(22)45(21)26(46)47-16(2)3)43(25-40-42-44(41-25)9-8-39-4)15-17-10-19(28(33,34)35)12-20(11-17)29(36,37)38/h6-7,10-13,16,21,24H,5,8-9,14-15H2,1-3H3/t21-,24+/m1/s1. The highest BCUT2D eigenvalue weighted by Crippen LogP contribution is 2.46. The first-order valence-corrected chi connectivity index (χ1v) is 14.2. The number of tetrazole rings is 1. The van der Waals surface area contributed by atoms with Gasteiger partial charge < -0.3 is 14.5 Å². The molecule has 0 bridgehead atoms. The number of benzene rings is 2. The van der Waals surface area contributed by atoms with Gasteiger partial charge >= 0.3 is 24.6 Å². The number of carbonyl (C=O) groups excluding carboxylic acids is 1. The van der Waals surface area contributed by atoms with Crippen molar-refractivity contribution in [2.24, 2.45) is 0 Å². The first kappa shape index (κ1) is 35.3. The Kier molecular flexibility index (Phi) is 9.97. The Morgan fingerprint density at radius 1 is 1.00 bits per heavy atom. The summed E-state index contributed by atoms with van der Waals surface area (Å²) in [4.78, 5) is 19.7. The molecule has 18 heteroatoms. The van der Waals surface area contributed by atoms with Crippen molar-refractivity contribution in [1.82, 2.24) is 20.2 Å². The number of nitrogens with zero attached hydrogens (tertiary/aromatic N) is 7. The number of hydrogen-bond donors (Lipinski definition) is 0. The number of carbonyl (C=O) groups is 1. The summed E-state index contributed by atoms with van der Waals surface area (Å²) in [5.74, 6) is -0.331. The molecule has 0 saturated carbocycles. The summed E-state index contributed by atoms with van der Waals surface area (Å²) in [5.41, 5.74) is -4.90. The van der Waals surface area contributed by atoms with Crippen molar-refractivity contribution < 1.29 is 49.0 Å². The predicted octanol–water partition coefficient (Wildman–Crippen LogP) is 7.93. The number of ether oxygens (including phenoxy) is 1. The highest BCUT2D eigenvalue weighted by Gasteiger charge is 2.43. The summed E-state index contributed by atoms with van der Waals surface area (Å²) in [7, 11) is 0. The molecule has 0 N–H and O–H groups in total. The monoisotopic (exact) mass is 677 g/mol. The largest absolute Gasteiger partial charge is 0.446 e. The number of fused-ring (bicyclic) bond motifs is 1. The van der Waals surface area contributed by atoms with Gasteiger partial charge in [-0.1, -0.05) is 12.0 Å². The number of alkyl halides is 9. The maximum atomic E-state index is 14.0. The van der Waals surface area contributed by atoms with E-state index in [1.54, 1.807) is 20.8 Å². The van der Waals surface area contributed by atoms with E-state index in [0.29, 0.717) is 12.1 Å². The number of rotatable bonds is 8. The molecule has 0 fully saturated rings. The molecule has 1 aliphatic rings. The topological polar surface area (TPSA) is 80.7 Å². The van der Waals surface area contributed by atoms with E-state index in [9.17, 15) is 44.3 Å². The van der Waals surface area contributed by atoms with Crippen LogP contribution in [0.15, 0.2) is 36.4 Å². The fraction of sp³-hybridized carbons (Fsp3) is 0.483. The van der Waals surface area contributed by atoms with E-state index in [1.807, 2.05) is 0 Å². The van der Waals surface area contributed by atoms with Crippen molar-refractivity contribution in [3.05, 3.63) is 75.6 Å². The van der Waals surface area contributed by atoms with Gasteiger partial charge in [0.2, 0.25) is 6.54 Å². The molecule has 2 atom stereocenters. The van der Waals surface area contributed by atoms with Crippen molar-refractivity contribution in [3.8, 4) is 0 Å². The first-order chi connectivity index (χ1) is 21.8. The SMILES string of the molecule is [C-]#[N+]CCn1nnc(N(Cc2cc(C(F)(F)F)cc(C(F)(F)F)c2)[C@H]2C[C@@H](CC)N(C(=O)OC(C)C)c3ccc(C(F)(F)F)cc32)n1. The van der Waals surface area contributed by atoms with Crippen LogP contribution in [0.1, 0.15) is 67.5 Å². The highest BCUT2D eigenvalue weighted by molar-refractivity contribution is 5.90. The minimum atomic E-state index is -5.16. The van der Waals surface area contributed by atoms with Crippen molar-refractivity contribution in [2.75, 3.05) is 16.3 Å². The Labute approximate surface area is 262 Å². The Balaban J connectivity index is 1.95. The molecule has 1 amide bonds. The summed E-state index contributed by atoms with van der Waals surface area (Å²) < 4.78 is 130. The Bertz CT molecular complexity index is 1600. The number of aromatic nitrogens is 4. The fourth-order valence-corrected chi connectivity index (χ4v) is 5.27. The molecular weight excluding hydrogens is 649 g/mol. The molecule has 9 nitrogen and oxygen atoms in total. The van der Waals surface area contributed by atoms with Crippen LogP contribution in [-0.2, 0) is 36.4 Å². The Morgan fingerprint density at radius 2 is 1.62 bits per heavy atom. The summed E-state index contributed by atoms with van der Waals surface area (Å²) in [6.45, 7) is 10.9. The van der Waals surface area contributed by atoms with E-state index < -0.39 is 71.6 Å². The summed E-state index contributed by atoms with van der Waals surface area (Å²) in [5, 5.41) is 11.9. The zero-order chi connectivity index (χ0) is 34.9. The van der Waals surface area contributed by atoms with Gasteiger partial charge in [0, 0.05) is 12.6 Å². The van der Waals surface area contributed by atoms with E-state index in [0.717, 1.165) is 27.9 Å². The molecule has 0 unspecified atom stereocenters. The van der Waals surface area contributed by atoms with Crippen LogP contribution in [0, 0.1) is 6.57 Å². The number of amides is 1. The molecule has 4 rings (SSSR count). The minimum absolute atomic E-state index is 0.00262. The summed E-state index contributed by atoms with van der Waals surface area (Å²) in [6, 6.07) is 1.63. The van der Waals surface area contributed by atoms with E-state index in [2.05, 4.69) is 20.3 Å². The highest BCUT2D eigenvalue weighted by atomic mass is 19.4. The molecule has 1 aliphatic heterocycles. The van der Waals surface area contributed by atoms with Crippen LogP contribution >= 0.6 is 0 Å². The molecule has 2 aromatic carbocycles. The zero-order valence-corrected chi connectivity index (χ0v) is 25.1. The summed E-state index contributed by atoms with van der Waals surface area (Å²) in [6.07, 6.45) is -16.5. The summed E-state index contributed by atoms with van der Waals surface area (Å²) >= 11 is 0. The van der Waals surface area contributed by atoms with Crippen molar-refractivity contribution >= 4 is 17.7 Å². The minimum Gasteiger partial charge on any atom is -0.446 e. The van der Waals surface area contributed by atoms with Crippen LogP contribution in [0.25, 0.3) is 4.85 Å². The van der Waals surface area contributed by atoms with Gasteiger partial charge in [0.1, 0.15) is 6.54 Å². The van der Waals surface area contributed by atoms with Crippen LogP contribution in [0.2, 0.25) is 0 Å². The van der Waals surface area contributed by atoms with Crippen molar-refractivity contribution in [3.63, 3.8) is 0 Å². The number of halogens is 9. The van der Waals surface area contributed by atoms with Gasteiger partial charge in [0.05, 0.1) is 34.5 Å². The molecule has 0 saturated heterocycles. The third kappa shape index (κ3) is 8.06. The van der Waals surface area contributed by atoms with Gasteiger partial charge in [0.15, 0.2) is 0 Å². The Hall–Kier alpha value is -4.56. The third-order valence-electron chi connectivity index (χ3n) is 7.33. The normalized spacial score (nSPS) is 17.0. The van der Waals surface area contributed by atoms with E-state index in [4.69, 9.17) is 11.3 Å². The number of hydrogen-bond acceptors (Lipinski definition) is 6. The molecule has 0 radical (unpaired) electrons. The second-order valence-corrected chi connectivity index (χ2v) is 11.0. The van der Waals surface area contributed by atoms with Crippen molar-refractivity contribution in [2.45, 2.75) is 83.4 Å². The maximum absolute atomic E-state index is 14.0. The maximum Gasteiger partial charge on any atom is 0.416 e. The van der Waals surface area contributed by atoms with Crippen LogP contribution in [0.5, 0.6) is 0 Å². The van der Waals surface area contributed by atoms with E-state index in [-0.39, 0.29) is 49.2 Å². The van der Waals surface area contributed by atoms with Crippen LogP contribution in [-0.4, -0.2) is 45.0 Å². The molecule has 0 aliphatic carbocycles. The lowest BCUT2D eigenvalue weighted by atomic mass is 9.87. The molecule has 3 aromatic rings. The van der Waals surface area contributed by atoms with Crippen LogP contribution < -0.4 is 9.80 Å². The van der Waals surface area contributed by atoms with Gasteiger partial charge in [-0.3, -0.25) is 4.90 Å². The lowest BCUT2D eigenvalue weighted by molar-refractivity contribution is -0.143. The molecule has 1 aromatic heterocycles. The molecule has 2 heterocycles. The zero-order valence-electron chi connectivity index (χ0n) is 25.1. The van der Waals surface area contributed by atoms with Gasteiger partial charge in [-0.25, -0.2) is 11.4 Å². The lowest BCUT2D eigenvalue weighted by Gasteiger charge is -2.44. The van der Waals surface area contributed by atoms with Crippen LogP contribution in [0.4, 0.5) is 55.9 Å². The molecule has 47 heavy (non-hydrogen) atoms. The predicted molar refractivity (Wildman–Crippen MR) is 149 cm³/mol. The molecule has 0 spiro atoms. The molecule has 254 valence electrons. The van der Waals surface area contributed by atoms with Gasteiger partial charge in [-0.15, -0.1) is 5.10 Å². The third-order valence-corrected chi connectivity index (χ3v) is 7.33. The second-order valence-electron chi connectivity index (χ2n) is 11.0. The average molecular weight is 678 g/mol.